The maximum absolute atomic E-state index is 5.05. The highest BCUT2D eigenvalue weighted by atomic mass is 15.1. The predicted octanol–water partition coefficient (Wildman–Crippen LogP) is 7.77. The van der Waals surface area contributed by atoms with E-state index < -0.39 is 0 Å². The van der Waals surface area contributed by atoms with Crippen molar-refractivity contribution in [2.24, 2.45) is 10.9 Å². The third kappa shape index (κ3) is 6.69. The number of allylic oxidation sites excluding steroid dienone is 4. The molecule has 0 aliphatic carbocycles. The van der Waals surface area contributed by atoms with E-state index in [1.807, 2.05) is 0 Å². The number of piperidine rings is 1. The first-order valence-corrected chi connectivity index (χ1v) is 13.6. The Balaban J connectivity index is 1.25. The van der Waals surface area contributed by atoms with E-state index in [9.17, 15) is 0 Å². The zero-order valence-electron chi connectivity index (χ0n) is 21.9. The fourth-order valence-corrected chi connectivity index (χ4v) is 5.59. The van der Waals surface area contributed by atoms with Crippen LogP contribution in [0.1, 0.15) is 94.5 Å². The maximum Gasteiger partial charge on any atom is 0.140 e. The molecule has 3 heterocycles. The molecule has 34 heavy (non-hydrogen) atoms. The molecule has 0 spiro atoms. The molecule has 1 fully saturated rings. The van der Waals surface area contributed by atoms with Crippen molar-refractivity contribution in [1.29, 1.82) is 0 Å². The number of aryl methyl sites for hydroxylation is 2. The lowest BCUT2D eigenvalue weighted by Gasteiger charge is -2.28. The molecule has 1 aromatic heterocycles. The van der Waals surface area contributed by atoms with Crippen LogP contribution in [-0.4, -0.2) is 40.7 Å². The molecule has 0 radical (unpaired) electrons. The molecule has 0 saturated carbocycles. The Labute approximate surface area is 206 Å². The monoisotopic (exact) mass is 460 g/mol. The molecule has 4 rings (SSSR count). The number of fused-ring (bicyclic) bond motifs is 1. The lowest BCUT2D eigenvalue weighted by atomic mass is 9.91. The topological polar surface area (TPSA) is 44.3 Å². The second kappa shape index (κ2) is 12.0. The Bertz CT molecular complexity index is 1050. The average molecular weight is 461 g/mol. The number of nitrogens with zero attached hydrogens (tertiary/aromatic N) is 3. The van der Waals surface area contributed by atoms with Crippen LogP contribution in [0.15, 0.2) is 35.0 Å². The second-order valence-electron chi connectivity index (χ2n) is 10.7. The van der Waals surface area contributed by atoms with Gasteiger partial charge in [-0.1, -0.05) is 50.3 Å². The van der Waals surface area contributed by atoms with Gasteiger partial charge in [0.2, 0.25) is 0 Å². The fourth-order valence-electron chi connectivity index (χ4n) is 5.59. The summed E-state index contributed by atoms with van der Waals surface area (Å²) in [5.74, 6) is 1.94. The van der Waals surface area contributed by atoms with Crippen molar-refractivity contribution < 1.29 is 0 Å². The highest BCUT2D eigenvalue weighted by molar-refractivity contribution is 6.22. The van der Waals surface area contributed by atoms with E-state index >= 15 is 0 Å². The molecule has 1 N–H and O–H groups in total. The highest BCUT2D eigenvalue weighted by Crippen LogP contribution is 2.26. The van der Waals surface area contributed by atoms with E-state index in [0.29, 0.717) is 0 Å². The quantitative estimate of drug-likeness (QED) is 0.388. The molecule has 2 aromatic rings. The molecule has 0 unspecified atom stereocenters. The summed E-state index contributed by atoms with van der Waals surface area (Å²) in [6.45, 7) is 9.02. The minimum Gasteiger partial charge on any atom is -0.338 e. The Kier molecular flexibility index (Phi) is 8.77. The van der Waals surface area contributed by atoms with Gasteiger partial charge in [-0.3, -0.25) is 4.99 Å². The first-order valence-electron chi connectivity index (χ1n) is 13.6. The minimum absolute atomic E-state index is 0.954. The number of aliphatic imine (C=N–C) groups is 1. The highest BCUT2D eigenvalue weighted by Gasteiger charge is 2.16. The average Bonchev–Trinajstić information content (AvgIpc) is 3.21. The molecule has 2 aliphatic heterocycles. The van der Waals surface area contributed by atoms with Crippen LogP contribution in [0.3, 0.4) is 0 Å². The maximum atomic E-state index is 5.05. The van der Waals surface area contributed by atoms with Gasteiger partial charge in [0.05, 0.1) is 11.0 Å². The van der Waals surface area contributed by atoms with Gasteiger partial charge in [0, 0.05) is 17.0 Å². The van der Waals surface area contributed by atoms with Crippen LogP contribution in [0, 0.1) is 19.8 Å². The third-order valence-corrected chi connectivity index (χ3v) is 7.66. The van der Waals surface area contributed by atoms with Gasteiger partial charge in [0.1, 0.15) is 5.82 Å². The van der Waals surface area contributed by atoms with Crippen molar-refractivity contribution in [2.45, 2.75) is 91.4 Å². The predicted molar refractivity (Wildman–Crippen MR) is 147 cm³/mol. The first kappa shape index (κ1) is 24.9. The van der Waals surface area contributed by atoms with Gasteiger partial charge >= 0.3 is 0 Å². The number of benzene rings is 1. The van der Waals surface area contributed by atoms with E-state index in [2.05, 4.69) is 62.0 Å². The van der Waals surface area contributed by atoms with Gasteiger partial charge < -0.3 is 9.88 Å². The number of unbranched alkanes of at least 4 members (excludes halogenated alkanes) is 4. The van der Waals surface area contributed by atoms with E-state index in [1.165, 1.54) is 81.3 Å². The molecular weight excluding hydrogens is 416 g/mol. The number of H-pyrrole nitrogens is 1. The van der Waals surface area contributed by atoms with Crippen LogP contribution in [-0.2, 0) is 0 Å². The summed E-state index contributed by atoms with van der Waals surface area (Å²) in [4.78, 5) is 16.0. The summed E-state index contributed by atoms with van der Waals surface area (Å²) in [6, 6.07) is 4.39. The number of rotatable bonds is 9. The van der Waals surface area contributed by atoms with Crippen LogP contribution in [0.4, 0.5) is 0 Å². The van der Waals surface area contributed by atoms with Crippen molar-refractivity contribution in [3.05, 3.63) is 46.9 Å². The summed E-state index contributed by atoms with van der Waals surface area (Å²) in [7, 11) is 2.25. The Morgan fingerprint density at radius 3 is 2.50 bits per heavy atom. The molecule has 4 nitrogen and oxygen atoms in total. The zero-order chi connectivity index (χ0) is 23.9. The van der Waals surface area contributed by atoms with E-state index in [1.54, 1.807) is 0 Å². The van der Waals surface area contributed by atoms with Gasteiger partial charge in [0.15, 0.2) is 0 Å². The van der Waals surface area contributed by atoms with Gasteiger partial charge in [-0.15, -0.1) is 0 Å². The molecule has 0 bridgehead atoms. The largest absolute Gasteiger partial charge is 0.338 e. The van der Waals surface area contributed by atoms with Crippen molar-refractivity contribution in [3.63, 3.8) is 0 Å². The Hall–Kier alpha value is -2.20. The van der Waals surface area contributed by atoms with Crippen LogP contribution in [0.25, 0.3) is 16.6 Å². The normalized spacial score (nSPS) is 19.9. The molecule has 4 heteroatoms. The van der Waals surface area contributed by atoms with Gasteiger partial charge in [-0.2, -0.15) is 0 Å². The van der Waals surface area contributed by atoms with Crippen molar-refractivity contribution in [2.75, 3.05) is 20.1 Å². The van der Waals surface area contributed by atoms with Crippen LogP contribution >= 0.6 is 0 Å². The lowest BCUT2D eigenvalue weighted by Crippen LogP contribution is -2.30. The summed E-state index contributed by atoms with van der Waals surface area (Å²) in [6.07, 6.45) is 18.9. The van der Waals surface area contributed by atoms with Crippen molar-refractivity contribution in [3.8, 4) is 0 Å². The smallest absolute Gasteiger partial charge is 0.140 e. The SMILES string of the molecule is CC1=N/C(CCCCCCCC2CCN(C)CC2)=C\CCC=C1c1nc2c(C)cc(C)cc2[nH]1. The van der Waals surface area contributed by atoms with E-state index in [4.69, 9.17) is 9.98 Å². The third-order valence-electron chi connectivity index (χ3n) is 7.66. The van der Waals surface area contributed by atoms with Crippen LogP contribution in [0.5, 0.6) is 0 Å². The summed E-state index contributed by atoms with van der Waals surface area (Å²) < 4.78 is 0. The minimum atomic E-state index is 0.954. The molecule has 0 atom stereocenters. The van der Waals surface area contributed by atoms with Crippen molar-refractivity contribution >= 4 is 22.3 Å². The van der Waals surface area contributed by atoms with Crippen molar-refractivity contribution in [1.82, 2.24) is 14.9 Å². The second-order valence-corrected chi connectivity index (χ2v) is 10.7. The first-order chi connectivity index (χ1) is 16.5. The standard InChI is InChI=1S/C30H44N4/c1-22-20-23(2)29-28(21-22)32-30(33-29)27-15-11-10-14-26(31-24(27)3)13-9-7-5-6-8-12-25-16-18-34(4)19-17-25/h14-15,20-21,25H,5-13,16-19H2,1-4H3,(H,32,33)/b26-14-,27-15?,31-24?. The number of imidazole rings is 1. The molecule has 184 valence electrons. The molecule has 1 saturated heterocycles. The van der Waals surface area contributed by atoms with Gasteiger partial charge in [0.25, 0.3) is 0 Å². The number of likely N-dealkylation sites (tertiary alicyclic amines) is 1. The summed E-state index contributed by atoms with van der Waals surface area (Å²) in [5.41, 5.74) is 8.19. The summed E-state index contributed by atoms with van der Waals surface area (Å²) >= 11 is 0. The number of aromatic amines is 1. The number of nitrogens with one attached hydrogen (secondary N) is 1. The summed E-state index contributed by atoms with van der Waals surface area (Å²) in [5, 5.41) is 0. The number of hydrogen-bond donors (Lipinski definition) is 1. The molecule has 2 aliphatic rings. The van der Waals surface area contributed by atoms with E-state index in [-0.39, 0.29) is 0 Å². The fraction of sp³-hybridized carbons (Fsp3) is 0.600. The van der Waals surface area contributed by atoms with E-state index in [0.717, 1.165) is 53.3 Å². The molecular formula is C30H44N4. The number of hydrogen-bond acceptors (Lipinski definition) is 3. The Morgan fingerprint density at radius 2 is 1.68 bits per heavy atom. The Morgan fingerprint density at radius 1 is 0.941 bits per heavy atom. The molecule has 0 amide bonds. The van der Waals surface area contributed by atoms with Gasteiger partial charge in [-0.05, 0) is 103 Å². The lowest BCUT2D eigenvalue weighted by molar-refractivity contribution is 0.209. The molecule has 1 aromatic carbocycles. The van der Waals surface area contributed by atoms with Crippen LogP contribution in [0.2, 0.25) is 0 Å². The van der Waals surface area contributed by atoms with Crippen LogP contribution < -0.4 is 0 Å². The van der Waals surface area contributed by atoms with Gasteiger partial charge in [-0.25, -0.2) is 4.98 Å². The number of aromatic nitrogens is 2. The zero-order valence-corrected chi connectivity index (χ0v) is 21.9.